The third kappa shape index (κ3) is 4.52. The molecule has 0 aliphatic carbocycles. The average Bonchev–Trinajstić information content (AvgIpc) is 2.29. The molecule has 1 amide bonds. The first-order valence-corrected chi connectivity index (χ1v) is 5.38. The van der Waals surface area contributed by atoms with Gasteiger partial charge in [0.25, 0.3) is 0 Å². The molecular weight excluding hydrogens is 225 g/mol. The summed E-state index contributed by atoms with van der Waals surface area (Å²) in [6.07, 6.45) is 0.0942. The molecule has 0 aliphatic heterocycles. The van der Waals surface area contributed by atoms with E-state index in [-0.39, 0.29) is 6.42 Å². The summed E-state index contributed by atoms with van der Waals surface area (Å²) in [7, 11) is -2.61. The second kappa shape index (κ2) is 6.34. The van der Waals surface area contributed by atoms with Gasteiger partial charge in [-0.25, -0.2) is 0 Å². The summed E-state index contributed by atoms with van der Waals surface area (Å²) in [6.45, 7) is 1.46. The zero-order valence-corrected chi connectivity index (χ0v) is 9.57. The van der Waals surface area contributed by atoms with Crippen molar-refractivity contribution < 1.29 is 13.4 Å². The van der Waals surface area contributed by atoms with E-state index >= 15 is 0 Å². The Balaban J connectivity index is 2.64. The molecule has 17 heavy (non-hydrogen) atoms. The van der Waals surface area contributed by atoms with E-state index in [1.54, 1.807) is 30.3 Å². The van der Waals surface area contributed by atoms with Crippen LogP contribution < -0.4 is 11.1 Å². The smallest absolute Gasteiger partial charge is 0.353 e. The van der Waals surface area contributed by atoms with Crippen LogP contribution in [-0.2, 0) is 11.2 Å². The van der Waals surface area contributed by atoms with Crippen molar-refractivity contribution in [2.45, 2.75) is 25.3 Å². The van der Waals surface area contributed by atoms with Gasteiger partial charge in [-0.3, -0.25) is 13.4 Å². The van der Waals surface area contributed by atoms with Gasteiger partial charge in [-0.1, -0.05) is 30.3 Å². The lowest BCUT2D eigenvalue weighted by atomic mass is 9.81. The Morgan fingerprint density at radius 2 is 2.00 bits per heavy atom. The third-order valence-corrected chi connectivity index (χ3v) is 2.34. The van der Waals surface area contributed by atoms with Crippen molar-refractivity contribution in [3.63, 3.8) is 0 Å². The Morgan fingerprint density at radius 1 is 1.41 bits per heavy atom. The van der Waals surface area contributed by atoms with E-state index in [0.29, 0.717) is 0 Å². The SMILES string of the molecule is CC(N)C(=O)N[C@@H](Cc1ccccc1)B(F)F. The van der Waals surface area contributed by atoms with Gasteiger partial charge in [0.15, 0.2) is 0 Å². The average molecular weight is 240 g/mol. The number of benzene rings is 1. The third-order valence-electron chi connectivity index (χ3n) is 2.34. The molecule has 0 saturated carbocycles. The predicted molar refractivity (Wildman–Crippen MR) is 63.7 cm³/mol. The maximum absolute atomic E-state index is 12.8. The van der Waals surface area contributed by atoms with E-state index < -0.39 is 25.2 Å². The molecule has 0 fully saturated rings. The maximum atomic E-state index is 12.8. The minimum absolute atomic E-state index is 0.0942. The second-order valence-electron chi connectivity index (χ2n) is 3.93. The van der Waals surface area contributed by atoms with Crippen LogP contribution in [0.25, 0.3) is 0 Å². The van der Waals surface area contributed by atoms with Crippen LogP contribution in [0.1, 0.15) is 12.5 Å². The van der Waals surface area contributed by atoms with Gasteiger partial charge in [0, 0.05) is 0 Å². The number of nitrogens with two attached hydrogens (primary N) is 1. The summed E-state index contributed by atoms with van der Waals surface area (Å²) in [5, 5.41) is 2.25. The molecule has 2 atom stereocenters. The Bertz CT molecular complexity index is 360. The lowest BCUT2D eigenvalue weighted by Gasteiger charge is -2.17. The fourth-order valence-electron chi connectivity index (χ4n) is 1.39. The van der Waals surface area contributed by atoms with E-state index in [9.17, 15) is 13.4 Å². The maximum Gasteiger partial charge on any atom is 0.560 e. The topological polar surface area (TPSA) is 55.1 Å². The lowest BCUT2D eigenvalue weighted by Crippen LogP contribution is -2.49. The standard InChI is InChI=1S/C11H15BF2N2O/c1-8(15)11(17)16-10(12(13)14)7-9-5-3-2-4-6-9/h2-6,8,10H,7,15H2,1H3,(H,16,17)/t8?,10-/m0/s1. The summed E-state index contributed by atoms with van der Waals surface area (Å²) in [5.41, 5.74) is 6.07. The van der Waals surface area contributed by atoms with Crippen LogP contribution in [0.4, 0.5) is 8.63 Å². The highest BCUT2D eigenvalue weighted by molar-refractivity contribution is 6.45. The van der Waals surface area contributed by atoms with Gasteiger partial charge in [-0.2, -0.15) is 0 Å². The van der Waals surface area contributed by atoms with E-state index in [1.807, 2.05) is 0 Å². The molecule has 0 aromatic heterocycles. The quantitative estimate of drug-likeness (QED) is 0.755. The Labute approximate surface area is 99.6 Å². The van der Waals surface area contributed by atoms with Crippen molar-refractivity contribution in [3.8, 4) is 0 Å². The van der Waals surface area contributed by atoms with Crippen LogP contribution in [0.3, 0.4) is 0 Å². The molecule has 1 aromatic carbocycles. The normalized spacial score (nSPS) is 13.9. The molecule has 1 aromatic rings. The van der Waals surface area contributed by atoms with Gasteiger partial charge in [0.2, 0.25) is 5.91 Å². The molecule has 0 bridgehead atoms. The van der Waals surface area contributed by atoms with Crippen LogP contribution in [0.5, 0.6) is 0 Å². The number of hydrogen-bond acceptors (Lipinski definition) is 2. The van der Waals surface area contributed by atoms with Crippen LogP contribution >= 0.6 is 0 Å². The monoisotopic (exact) mass is 240 g/mol. The van der Waals surface area contributed by atoms with Crippen molar-refractivity contribution in [1.82, 2.24) is 5.32 Å². The van der Waals surface area contributed by atoms with E-state index in [4.69, 9.17) is 5.73 Å². The largest absolute Gasteiger partial charge is 0.560 e. The van der Waals surface area contributed by atoms with Gasteiger partial charge in [-0.05, 0) is 18.9 Å². The van der Waals surface area contributed by atoms with E-state index in [0.717, 1.165) is 5.56 Å². The van der Waals surface area contributed by atoms with Crippen LogP contribution in [0, 0.1) is 0 Å². The highest BCUT2D eigenvalue weighted by Crippen LogP contribution is 2.07. The first kappa shape index (κ1) is 13.6. The fourth-order valence-corrected chi connectivity index (χ4v) is 1.39. The molecule has 0 saturated heterocycles. The molecule has 3 N–H and O–H groups in total. The number of rotatable bonds is 5. The fraction of sp³-hybridized carbons (Fsp3) is 0.364. The molecule has 1 unspecified atom stereocenters. The van der Waals surface area contributed by atoms with Crippen molar-refractivity contribution in [2.24, 2.45) is 5.73 Å². The summed E-state index contributed by atoms with van der Waals surface area (Å²) in [5.74, 6) is -1.76. The van der Waals surface area contributed by atoms with Crippen LogP contribution in [0.15, 0.2) is 30.3 Å². The zero-order chi connectivity index (χ0) is 12.8. The van der Waals surface area contributed by atoms with Crippen molar-refractivity contribution in [3.05, 3.63) is 35.9 Å². The first-order valence-electron chi connectivity index (χ1n) is 5.38. The zero-order valence-electron chi connectivity index (χ0n) is 9.57. The summed E-state index contributed by atoms with van der Waals surface area (Å²) >= 11 is 0. The summed E-state index contributed by atoms with van der Waals surface area (Å²) < 4.78 is 25.5. The Hall–Kier alpha value is -1.43. The van der Waals surface area contributed by atoms with Gasteiger partial charge >= 0.3 is 7.27 Å². The first-order chi connectivity index (χ1) is 8.00. The van der Waals surface area contributed by atoms with Crippen LogP contribution in [-0.4, -0.2) is 25.2 Å². The number of halogens is 2. The predicted octanol–water partition coefficient (Wildman–Crippen LogP) is 1.03. The Morgan fingerprint density at radius 3 is 2.47 bits per heavy atom. The van der Waals surface area contributed by atoms with Crippen molar-refractivity contribution in [1.29, 1.82) is 0 Å². The summed E-state index contributed by atoms with van der Waals surface area (Å²) in [6, 6.07) is 8.05. The van der Waals surface area contributed by atoms with Crippen LogP contribution in [0.2, 0.25) is 0 Å². The molecule has 3 nitrogen and oxygen atoms in total. The molecule has 1 rings (SSSR count). The molecule has 0 aliphatic rings. The molecule has 0 radical (unpaired) electrons. The van der Waals surface area contributed by atoms with Gasteiger partial charge in [0.05, 0.1) is 12.0 Å². The molecule has 0 heterocycles. The molecule has 0 spiro atoms. The second-order valence-corrected chi connectivity index (χ2v) is 3.93. The van der Waals surface area contributed by atoms with E-state index in [2.05, 4.69) is 5.32 Å². The highest BCUT2D eigenvalue weighted by atomic mass is 19.2. The number of carbonyl (C=O) groups is 1. The number of carbonyl (C=O) groups excluding carboxylic acids is 1. The molecule has 92 valence electrons. The minimum atomic E-state index is -2.61. The minimum Gasteiger partial charge on any atom is -0.353 e. The van der Waals surface area contributed by atoms with Crippen molar-refractivity contribution in [2.75, 3.05) is 0 Å². The van der Waals surface area contributed by atoms with Gasteiger partial charge < -0.3 is 11.1 Å². The number of hydrogen-bond donors (Lipinski definition) is 2. The highest BCUT2D eigenvalue weighted by Gasteiger charge is 2.29. The van der Waals surface area contributed by atoms with E-state index in [1.165, 1.54) is 6.92 Å². The number of amides is 1. The Kier molecular flexibility index (Phi) is 5.09. The number of nitrogens with one attached hydrogen (secondary N) is 1. The molecule has 6 heteroatoms. The molecular formula is C11H15BF2N2O. The van der Waals surface area contributed by atoms with Gasteiger partial charge in [-0.15, -0.1) is 0 Å². The van der Waals surface area contributed by atoms with Gasteiger partial charge in [0.1, 0.15) is 0 Å². The summed E-state index contributed by atoms with van der Waals surface area (Å²) in [4.78, 5) is 11.3. The lowest BCUT2D eigenvalue weighted by molar-refractivity contribution is -0.122. The van der Waals surface area contributed by atoms with Crippen molar-refractivity contribution >= 4 is 13.2 Å².